The number of carbonyl (C=O) groups excluding carboxylic acids is 2. The number of halogens is 2. The largest absolute Gasteiger partial charge is 0.497 e. The number of nitrogens with zero attached hydrogens (tertiary/aromatic N) is 2. The number of sulfonamides is 1. The lowest BCUT2D eigenvalue weighted by molar-refractivity contribution is -0.140. The van der Waals surface area contributed by atoms with Crippen LogP contribution in [0.3, 0.4) is 0 Å². The van der Waals surface area contributed by atoms with Crippen molar-refractivity contribution in [1.29, 1.82) is 0 Å². The van der Waals surface area contributed by atoms with E-state index in [9.17, 15) is 18.0 Å². The fourth-order valence-corrected chi connectivity index (χ4v) is 5.65. The highest BCUT2D eigenvalue weighted by Crippen LogP contribution is 2.26. The molecule has 0 saturated heterocycles. The van der Waals surface area contributed by atoms with Gasteiger partial charge in [0.15, 0.2) is 0 Å². The molecular weight excluding hydrogens is 537 g/mol. The van der Waals surface area contributed by atoms with Gasteiger partial charge in [0, 0.05) is 12.6 Å². The zero-order chi connectivity index (χ0) is 27.2. The van der Waals surface area contributed by atoms with Crippen molar-refractivity contribution in [3.05, 3.63) is 58.1 Å². The molecule has 11 heteroatoms. The van der Waals surface area contributed by atoms with E-state index in [1.54, 1.807) is 42.5 Å². The molecular formula is C26H33Cl2N3O5S. The first kappa shape index (κ1) is 29.1. The fraction of sp³-hybridized carbons (Fsp3) is 0.462. The molecule has 2 aromatic carbocycles. The SMILES string of the molecule is CC[C@H](C(=O)NC1CCCC1)N(Cc1ccc(Cl)c(Cl)c1)C(=O)CN(c1ccc(OC)cc1)S(C)(=O)=O. The van der Waals surface area contributed by atoms with Crippen LogP contribution in [0.2, 0.25) is 10.0 Å². The number of rotatable bonds is 11. The van der Waals surface area contributed by atoms with E-state index in [1.807, 2.05) is 6.92 Å². The van der Waals surface area contributed by atoms with Crippen LogP contribution in [0.15, 0.2) is 42.5 Å². The van der Waals surface area contributed by atoms with Crippen LogP contribution in [0.1, 0.15) is 44.6 Å². The summed E-state index contributed by atoms with van der Waals surface area (Å²) in [5.41, 5.74) is 0.986. The van der Waals surface area contributed by atoms with Crippen LogP contribution < -0.4 is 14.4 Å². The predicted molar refractivity (Wildman–Crippen MR) is 147 cm³/mol. The monoisotopic (exact) mass is 569 g/mol. The Kier molecular flexibility index (Phi) is 10.1. The van der Waals surface area contributed by atoms with E-state index in [1.165, 1.54) is 12.0 Å². The third-order valence-electron chi connectivity index (χ3n) is 6.46. The molecule has 3 rings (SSSR count). The Morgan fingerprint density at radius 3 is 2.27 bits per heavy atom. The van der Waals surface area contributed by atoms with Crippen LogP contribution >= 0.6 is 23.2 Å². The molecule has 2 amide bonds. The van der Waals surface area contributed by atoms with Crippen LogP contribution in [-0.2, 0) is 26.2 Å². The van der Waals surface area contributed by atoms with Crippen molar-refractivity contribution in [2.75, 3.05) is 24.2 Å². The molecule has 0 radical (unpaired) electrons. The molecule has 0 unspecified atom stereocenters. The Bertz CT molecular complexity index is 1200. The number of hydrogen-bond donors (Lipinski definition) is 1. The van der Waals surface area contributed by atoms with E-state index in [2.05, 4.69) is 5.32 Å². The molecule has 0 heterocycles. The average Bonchev–Trinajstić information content (AvgIpc) is 3.37. The van der Waals surface area contributed by atoms with E-state index in [4.69, 9.17) is 27.9 Å². The number of benzene rings is 2. The highest BCUT2D eigenvalue weighted by atomic mass is 35.5. The van der Waals surface area contributed by atoms with Gasteiger partial charge in [0.25, 0.3) is 0 Å². The molecule has 1 atom stereocenters. The first-order valence-electron chi connectivity index (χ1n) is 12.2. The summed E-state index contributed by atoms with van der Waals surface area (Å²) in [5, 5.41) is 3.77. The zero-order valence-electron chi connectivity index (χ0n) is 21.2. The maximum Gasteiger partial charge on any atom is 0.244 e. The Labute approximate surface area is 228 Å². The summed E-state index contributed by atoms with van der Waals surface area (Å²) < 4.78 is 31.6. The molecule has 1 fully saturated rings. The minimum Gasteiger partial charge on any atom is -0.497 e. The van der Waals surface area contributed by atoms with Crippen LogP contribution in [0, 0.1) is 0 Å². The smallest absolute Gasteiger partial charge is 0.244 e. The Hall–Kier alpha value is -2.49. The molecule has 0 bridgehead atoms. The van der Waals surface area contributed by atoms with E-state index in [0.717, 1.165) is 36.2 Å². The molecule has 1 saturated carbocycles. The van der Waals surface area contributed by atoms with Crippen molar-refractivity contribution in [1.82, 2.24) is 10.2 Å². The van der Waals surface area contributed by atoms with Gasteiger partial charge in [-0.05, 0) is 61.2 Å². The number of amides is 2. The molecule has 37 heavy (non-hydrogen) atoms. The molecule has 1 N–H and O–H groups in total. The summed E-state index contributed by atoms with van der Waals surface area (Å²) in [6.45, 7) is 1.41. The van der Waals surface area contributed by atoms with Gasteiger partial charge < -0.3 is 15.0 Å². The van der Waals surface area contributed by atoms with E-state index in [0.29, 0.717) is 33.5 Å². The second-order valence-electron chi connectivity index (χ2n) is 9.15. The first-order chi connectivity index (χ1) is 17.5. The summed E-state index contributed by atoms with van der Waals surface area (Å²) in [5.74, 6) is -0.210. The summed E-state index contributed by atoms with van der Waals surface area (Å²) in [7, 11) is -2.31. The number of nitrogens with one attached hydrogen (secondary N) is 1. The normalized spacial score (nSPS) is 14.7. The minimum atomic E-state index is -3.82. The van der Waals surface area contributed by atoms with Crippen LogP contribution in [0.25, 0.3) is 0 Å². The van der Waals surface area contributed by atoms with Gasteiger partial charge in [-0.2, -0.15) is 0 Å². The molecule has 0 aromatic heterocycles. The highest BCUT2D eigenvalue weighted by Gasteiger charge is 2.33. The molecule has 0 aliphatic heterocycles. The second-order valence-corrected chi connectivity index (χ2v) is 11.9. The average molecular weight is 571 g/mol. The van der Waals surface area contributed by atoms with Gasteiger partial charge >= 0.3 is 0 Å². The van der Waals surface area contributed by atoms with Crippen molar-refractivity contribution in [2.24, 2.45) is 0 Å². The lowest BCUT2D eigenvalue weighted by atomic mass is 10.1. The van der Waals surface area contributed by atoms with Gasteiger partial charge in [-0.1, -0.05) is 49.0 Å². The maximum atomic E-state index is 13.8. The van der Waals surface area contributed by atoms with Crippen molar-refractivity contribution in [2.45, 2.75) is 57.7 Å². The van der Waals surface area contributed by atoms with Gasteiger partial charge in [0.1, 0.15) is 18.3 Å². The summed E-state index contributed by atoms with van der Waals surface area (Å²) >= 11 is 12.3. The summed E-state index contributed by atoms with van der Waals surface area (Å²) in [4.78, 5) is 28.5. The van der Waals surface area contributed by atoms with Crippen LogP contribution in [0.5, 0.6) is 5.75 Å². The van der Waals surface area contributed by atoms with Gasteiger partial charge in [0.2, 0.25) is 21.8 Å². The first-order valence-corrected chi connectivity index (χ1v) is 14.8. The van der Waals surface area contributed by atoms with Gasteiger partial charge in [0.05, 0.1) is 29.1 Å². The lowest BCUT2D eigenvalue weighted by Gasteiger charge is -2.33. The van der Waals surface area contributed by atoms with E-state index in [-0.39, 0.29) is 18.5 Å². The van der Waals surface area contributed by atoms with Crippen molar-refractivity contribution >= 4 is 50.7 Å². The Balaban J connectivity index is 1.93. The molecule has 8 nitrogen and oxygen atoms in total. The lowest BCUT2D eigenvalue weighted by Crippen LogP contribution is -2.53. The number of anilines is 1. The third-order valence-corrected chi connectivity index (χ3v) is 8.34. The number of ether oxygens (including phenoxy) is 1. The number of methoxy groups -OCH3 is 1. The highest BCUT2D eigenvalue weighted by molar-refractivity contribution is 7.92. The molecule has 2 aromatic rings. The Morgan fingerprint density at radius 1 is 1.08 bits per heavy atom. The molecule has 202 valence electrons. The topological polar surface area (TPSA) is 96.0 Å². The van der Waals surface area contributed by atoms with Crippen LogP contribution in [-0.4, -0.2) is 57.1 Å². The van der Waals surface area contributed by atoms with Gasteiger partial charge in [-0.3, -0.25) is 13.9 Å². The van der Waals surface area contributed by atoms with Crippen LogP contribution in [0.4, 0.5) is 5.69 Å². The van der Waals surface area contributed by atoms with Gasteiger partial charge in [-0.15, -0.1) is 0 Å². The van der Waals surface area contributed by atoms with E-state index >= 15 is 0 Å². The van der Waals surface area contributed by atoms with Crippen molar-refractivity contribution < 1.29 is 22.7 Å². The molecule has 0 spiro atoms. The van der Waals surface area contributed by atoms with Gasteiger partial charge in [-0.25, -0.2) is 8.42 Å². The predicted octanol–water partition coefficient (Wildman–Crippen LogP) is 4.63. The zero-order valence-corrected chi connectivity index (χ0v) is 23.6. The summed E-state index contributed by atoms with van der Waals surface area (Å²) in [6.07, 6.45) is 5.31. The molecule has 1 aliphatic rings. The quantitative estimate of drug-likeness (QED) is 0.425. The Morgan fingerprint density at radius 2 is 1.73 bits per heavy atom. The van der Waals surface area contributed by atoms with Crippen molar-refractivity contribution in [3.8, 4) is 5.75 Å². The van der Waals surface area contributed by atoms with Crippen molar-refractivity contribution in [3.63, 3.8) is 0 Å². The third kappa shape index (κ3) is 7.75. The minimum absolute atomic E-state index is 0.0620. The maximum absolute atomic E-state index is 13.8. The fourth-order valence-electron chi connectivity index (χ4n) is 4.48. The van der Waals surface area contributed by atoms with E-state index < -0.39 is 28.5 Å². The number of hydrogen-bond acceptors (Lipinski definition) is 5. The number of carbonyl (C=O) groups is 2. The summed E-state index contributed by atoms with van der Waals surface area (Å²) in [6, 6.07) is 10.7. The molecule has 1 aliphatic carbocycles. The standard InChI is InChI=1S/C26H33Cl2N3O5S/c1-4-24(26(33)29-19-7-5-6-8-19)30(16-18-9-14-22(27)23(28)15-18)25(32)17-31(37(3,34)35)20-10-12-21(36-2)13-11-20/h9-15,19,24H,4-8,16-17H2,1-3H3,(H,29,33)/t24-/m1/s1. The second kappa shape index (κ2) is 12.8.